The molecule has 1 saturated carbocycles. The monoisotopic (exact) mass is 394 g/mol. The van der Waals surface area contributed by atoms with Crippen molar-refractivity contribution in [2.75, 3.05) is 0 Å². The molecule has 4 rings (SSSR count). The fourth-order valence-electron chi connectivity index (χ4n) is 4.16. The summed E-state index contributed by atoms with van der Waals surface area (Å²) < 4.78 is 25.3. The van der Waals surface area contributed by atoms with Crippen LogP contribution in [-0.2, 0) is 32.2 Å². The Morgan fingerprint density at radius 1 is 0.897 bits per heavy atom. The predicted molar refractivity (Wildman–Crippen MR) is 112 cm³/mol. The van der Waals surface area contributed by atoms with Gasteiger partial charge in [-0.05, 0) is 43.4 Å². The van der Waals surface area contributed by atoms with Gasteiger partial charge in [0.25, 0.3) is 0 Å². The van der Waals surface area contributed by atoms with Gasteiger partial charge in [0.15, 0.2) is 5.79 Å². The predicted octanol–water partition coefficient (Wildman–Crippen LogP) is 5.03. The van der Waals surface area contributed by atoms with Crippen molar-refractivity contribution in [3.05, 3.63) is 83.9 Å². The molecule has 2 aromatic rings. The first-order valence-corrected chi connectivity index (χ1v) is 10.4. The number of rotatable bonds is 6. The van der Waals surface area contributed by atoms with Crippen molar-refractivity contribution in [2.45, 2.75) is 70.1 Å². The number of hydrogen-bond donors (Lipinski definition) is 0. The molecule has 0 spiro atoms. The Bertz CT molecular complexity index is 802. The molecule has 4 atom stereocenters. The lowest BCUT2D eigenvalue weighted by molar-refractivity contribution is -0.176. The quantitative estimate of drug-likeness (QED) is 0.644. The van der Waals surface area contributed by atoms with E-state index in [4.69, 9.17) is 18.9 Å². The molecule has 1 saturated heterocycles. The molecule has 0 unspecified atom stereocenters. The van der Waals surface area contributed by atoms with Crippen LogP contribution >= 0.6 is 0 Å². The molecule has 2 aliphatic rings. The highest BCUT2D eigenvalue weighted by Crippen LogP contribution is 2.39. The van der Waals surface area contributed by atoms with E-state index in [9.17, 15) is 0 Å². The normalized spacial score (nSPS) is 28.7. The Labute approximate surface area is 173 Å². The summed E-state index contributed by atoms with van der Waals surface area (Å²) in [7, 11) is 0. The molecular formula is C25H30O4. The van der Waals surface area contributed by atoms with E-state index in [0.29, 0.717) is 13.2 Å². The Hall–Kier alpha value is -1.98. The van der Waals surface area contributed by atoms with E-state index in [1.807, 2.05) is 50.2 Å². The molecule has 1 heterocycles. The summed E-state index contributed by atoms with van der Waals surface area (Å²) in [5.41, 5.74) is 3.30. The highest BCUT2D eigenvalue weighted by molar-refractivity contribution is 5.17. The van der Waals surface area contributed by atoms with Crippen molar-refractivity contribution in [3.63, 3.8) is 0 Å². The van der Waals surface area contributed by atoms with Crippen LogP contribution in [0.1, 0.15) is 37.8 Å². The number of ether oxygens (including phenoxy) is 4. The van der Waals surface area contributed by atoms with Crippen LogP contribution in [0, 0.1) is 0 Å². The maximum absolute atomic E-state index is 6.44. The van der Waals surface area contributed by atoms with Crippen molar-refractivity contribution < 1.29 is 18.9 Å². The van der Waals surface area contributed by atoms with Crippen LogP contribution in [0.25, 0.3) is 0 Å². The highest BCUT2D eigenvalue weighted by Gasteiger charge is 2.50. The molecule has 1 aliphatic heterocycles. The van der Waals surface area contributed by atoms with Crippen LogP contribution in [0.15, 0.2) is 72.8 Å². The van der Waals surface area contributed by atoms with Gasteiger partial charge in [-0.15, -0.1) is 0 Å². The summed E-state index contributed by atoms with van der Waals surface area (Å²) in [6.07, 6.45) is 0.975. The van der Waals surface area contributed by atoms with Crippen LogP contribution in [-0.4, -0.2) is 30.2 Å². The number of fused-ring (bicyclic) bond motifs is 1. The molecule has 0 radical (unpaired) electrons. The topological polar surface area (TPSA) is 36.9 Å². The van der Waals surface area contributed by atoms with Crippen LogP contribution < -0.4 is 0 Å². The van der Waals surface area contributed by atoms with Crippen molar-refractivity contribution in [1.82, 2.24) is 0 Å². The summed E-state index contributed by atoms with van der Waals surface area (Å²) in [6.45, 7) is 9.25. The zero-order chi connectivity index (χ0) is 20.3. The van der Waals surface area contributed by atoms with Crippen molar-refractivity contribution in [3.8, 4) is 0 Å². The second-order valence-electron chi connectivity index (χ2n) is 8.31. The summed E-state index contributed by atoms with van der Waals surface area (Å²) in [6, 6.07) is 20.4. The fourth-order valence-corrected chi connectivity index (χ4v) is 4.16. The van der Waals surface area contributed by atoms with Gasteiger partial charge in [-0.25, -0.2) is 0 Å². The van der Waals surface area contributed by atoms with Gasteiger partial charge in [-0.2, -0.15) is 0 Å². The van der Waals surface area contributed by atoms with Gasteiger partial charge < -0.3 is 18.9 Å². The van der Waals surface area contributed by atoms with Crippen LogP contribution in [0.3, 0.4) is 0 Å². The standard InChI is InChI=1S/C25H30O4/c1-18-14-15-21-23(29-25(2,3)28-21)24(27-17-20-12-8-5-9-13-20)22(18)26-16-19-10-6-4-7-11-19/h4-13,21-24H,1,14-17H2,2-3H3/t21-,22+,23-,24-/m0/s1. The Balaban J connectivity index is 1.55. The van der Waals surface area contributed by atoms with E-state index < -0.39 is 5.79 Å². The molecule has 1 aliphatic carbocycles. The third kappa shape index (κ3) is 4.96. The van der Waals surface area contributed by atoms with E-state index in [2.05, 4.69) is 30.8 Å². The molecule has 0 amide bonds. The smallest absolute Gasteiger partial charge is 0.163 e. The lowest BCUT2D eigenvalue weighted by Gasteiger charge is -2.32. The zero-order valence-electron chi connectivity index (χ0n) is 17.3. The van der Waals surface area contributed by atoms with Crippen molar-refractivity contribution in [1.29, 1.82) is 0 Å². The third-order valence-corrected chi connectivity index (χ3v) is 5.55. The molecule has 4 nitrogen and oxygen atoms in total. The van der Waals surface area contributed by atoms with Crippen molar-refractivity contribution in [2.24, 2.45) is 0 Å². The van der Waals surface area contributed by atoms with E-state index >= 15 is 0 Å². The van der Waals surface area contributed by atoms with Crippen molar-refractivity contribution >= 4 is 0 Å². The summed E-state index contributed by atoms with van der Waals surface area (Å²) in [5.74, 6) is -0.619. The largest absolute Gasteiger partial charge is 0.368 e. The number of hydrogen-bond acceptors (Lipinski definition) is 4. The molecule has 2 fully saturated rings. The first-order valence-electron chi connectivity index (χ1n) is 10.4. The molecule has 2 aromatic carbocycles. The minimum absolute atomic E-state index is 0.0205. The van der Waals surface area contributed by atoms with Crippen LogP contribution in [0.4, 0.5) is 0 Å². The Morgan fingerprint density at radius 2 is 1.48 bits per heavy atom. The molecule has 0 aromatic heterocycles. The van der Waals surface area contributed by atoms with E-state index in [0.717, 1.165) is 29.5 Å². The minimum atomic E-state index is -0.619. The summed E-state index contributed by atoms with van der Waals surface area (Å²) in [4.78, 5) is 0. The first kappa shape index (κ1) is 20.3. The van der Waals surface area contributed by atoms with E-state index in [1.165, 1.54) is 0 Å². The fraction of sp³-hybridized carbons (Fsp3) is 0.440. The minimum Gasteiger partial charge on any atom is -0.368 e. The average Bonchev–Trinajstić information content (AvgIpc) is 2.98. The Morgan fingerprint density at radius 3 is 2.10 bits per heavy atom. The van der Waals surface area contributed by atoms with Gasteiger partial charge in [-0.1, -0.05) is 67.2 Å². The molecule has 0 bridgehead atoms. The summed E-state index contributed by atoms with van der Waals surface area (Å²) in [5, 5.41) is 0. The van der Waals surface area contributed by atoms with Gasteiger partial charge in [-0.3, -0.25) is 0 Å². The lowest BCUT2D eigenvalue weighted by atomic mass is 10.0. The van der Waals surface area contributed by atoms with Gasteiger partial charge in [0, 0.05) is 0 Å². The second-order valence-corrected chi connectivity index (χ2v) is 8.31. The first-order chi connectivity index (χ1) is 14.0. The maximum atomic E-state index is 6.44. The van der Waals surface area contributed by atoms with Crippen LogP contribution in [0.2, 0.25) is 0 Å². The Kier molecular flexibility index (Phi) is 6.16. The van der Waals surface area contributed by atoms with Crippen LogP contribution in [0.5, 0.6) is 0 Å². The molecule has 154 valence electrons. The molecular weight excluding hydrogens is 364 g/mol. The third-order valence-electron chi connectivity index (χ3n) is 5.55. The van der Waals surface area contributed by atoms with E-state index in [1.54, 1.807) is 0 Å². The lowest BCUT2D eigenvalue weighted by Crippen LogP contribution is -2.45. The second kappa shape index (κ2) is 8.80. The van der Waals surface area contributed by atoms with Gasteiger partial charge in [0.05, 0.1) is 19.3 Å². The summed E-state index contributed by atoms with van der Waals surface area (Å²) >= 11 is 0. The molecule has 0 N–H and O–H groups in total. The zero-order valence-corrected chi connectivity index (χ0v) is 17.3. The van der Waals surface area contributed by atoms with Gasteiger partial charge in [0.2, 0.25) is 0 Å². The van der Waals surface area contributed by atoms with Gasteiger partial charge >= 0.3 is 0 Å². The highest BCUT2D eigenvalue weighted by atomic mass is 16.8. The van der Waals surface area contributed by atoms with E-state index in [-0.39, 0.29) is 24.4 Å². The molecule has 4 heteroatoms. The maximum Gasteiger partial charge on any atom is 0.163 e. The SMILES string of the molecule is C=C1CC[C@@H]2OC(C)(C)O[C@@H]2[C@@H](OCc2ccccc2)[C@@H]1OCc1ccccc1. The number of benzene rings is 2. The van der Waals surface area contributed by atoms with Gasteiger partial charge in [0.1, 0.15) is 18.3 Å². The average molecular weight is 395 g/mol. The molecule has 29 heavy (non-hydrogen) atoms.